The Hall–Kier alpha value is -2.98. The van der Waals surface area contributed by atoms with Gasteiger partial charge in [-0.2, -0.15) is 0 Å². The van der Waals surface area contributed by atoms with E-state index >= 15 is 0 Å². The molecule has 0 aliphatic heterocycles. The fourth-order valence-corrected chi connectivity index (χ4v) is 3.10. The number of carbonyl (C=O) groups excluding carboxylic acids is 2. The Bertz CT molecular complexity index is 934. The first kappa shape index (κ1) is 18.8. The maximum Gasteiger partial charge on any atom is 0.353 e. The van der Waals surface area contributed by atoms with Crippen molar-refractivity contribution in [1.82, 2.24) is 0 Å². The molecule has 0 saturated carbocycles. The first-order chi connectivity index (χ1) is 13.0. The second-order valence-electron chi connectivity index (χ2n) is 6.41. The molecule has 0 radical (unpaired) electrons. The van der Waals surface area contributed by atoms with Gasteiger partial charge in [-0.15, -0.1) is 11.3 Å². The van der Waals surface area contributed by atoms with Crippen LogP contribution in [0, 0.1) is 0 Å². The van der Waals surface area contributed by atoms with Crippen molar-refractivity contribution in [2.45, 2.75) is 19.8 Å². The minimum Gasteiger partial charge on any atom is -0.422 e. The maximum atomic E-state index is 12.3. The van der Waals surface area contributed by atoms with Crippen LogP contribution in [0.5, 0.6) is 5.75 Å². The summed E-state index contributed by atoms with van der Waals surface area (Å²) in [6.07, 6.45) is 3.36. The third-order valence-electron chi connectivity index (χ3n) is 4.10. The molecular formula is C23H20O3S. The van der Waals surface area contributed by atoms with Crippen LogP contribution >= 0.6 is 11.3 Å². The molecule has 0 bridgehead atoms. The average molecular weight is 376 g/mol. The molecule has 0 amide bonds. The zero-order valence-corrected chi connectivity index (χ0v) is 16.0. The van der Waals surface area contributed by atoms with Crippen LogP contribution < -0.4 is 4.74 Å². The van der Waals surface area contributed by atoms with Crippen LogP contribution in [0.1, 0.15) is 50.9 Å². The lowest BCUT2D eigenvalue weighted by Gasteiger charge is -2.05. The third-order valence-corrected chi connectivity index (χ3v) is 4.95. The van der Waals surface area contributed by atoms with E-state index in [-0.39, 0.29) is 5.78 Å². The van der Waals surface area contributed by atoms with Crippen LogP contribution in [0.15, 0.2) is 72.1 Å². The minimum absolute atomic E-state index is 0.0981. The van der Waals surface area contributed by atoms with Crippen LogP contribution in [0.3, 0.4) is 0 Å². The average Bonchev–Trinajstić information content (AvgIpc) is 3.22. The van der Waals surface area contributed by atoms with Gasteiger partial charge in [0, 0.05) is 5.56 Å². The number of allylic oxidation sites excluding steroid dienone is 1. The van der Waals surface area contributed by atoms with Gasteiger partial charge in [-0.3, -0.25) is 4.79 Å². The molecule has 0 fully saturated rings. The third kappa shape index (κ3) is 5.02. The van der Waals surface area contributed by atoms with Gasteiger partial charge in [0.25, 0.3) is 0 Å². The maximum absolute atomic E-state index is 12.3. The molecule has 1 aromatic heterocycles. The van der Waals surface area contributed by atoms with E-state index in [4.69, 9.17) is 4.74 Å². The summed E-state index contributed by atoms with van der Waals surface area (Å²) in [6, 6.07) is 18.2. The summed E-state index contributed by atoms with van der Waals surface area (Å²) in [6.45, 7) is 4.30. The SMILES string of the molecule is CC(C)c1ccc(/C=C/C(=O)c2ccc(OC(=O)c3cccs3)cc2)cc1. The first-order valence-electron chi connectivity index (χ1n) is 8.71. The highest BCUT2D eigenvalue weighted by molar-refractivity contribution is 7.12. The number of ether oxygens (including phenoxy) is 1. The van der Waals surface area contributed by atoms with Crippen molar-refractivity contribution < 1.29 is 14.3 Å². The van der Waals surface area contributed by atoms with Gasteiger partial charge < -0.3 is 4.74 Å². The Balaban J connectivity index is 1.62. The summed E-state index contributed by atoms with van der Waals surface area (Å²) in [5, 5.41) is 1.82. The Morgan fingerprint density at radius 1 is 0.963 bits per heavy atom. The zero-order valence-electron chi connectivity index (χ0n) is 15.2. The largest absolute Gasteiger partial charge is 0.422 e. The summed E-state index contributed by atoms with van der Waals surface area (Å²) < 4.78 is 5.30. The molecular weight excluding hydrogens is 356 g/mol. The number of thiophene rings is 1. The van der Waals surface area contributed by atoms with Gasteiger partial charge in [0.2, 0.25) is 0 Å². The van der Waals surface area contributed by atoms with Gasteiger partial charge in [-0.25, -0.2) is 4.79 Å². The van der Waals surface area contributed by atoms with Gasteiger partial charge in [-0.05, 0) is 58.8 Å². The summed E-state index contributed by atoms with van der Waals surface area (Å²) in [4.78, 5) is 24.8. The summed E-state index contributed by atoms with van der Waals surface area (Å²) in [5.41, 5.74) is 2.79. The highest BCUT2D eigenvalue weighted by Gasteiger charge is 2.10. The molecule has 0 atom stereocenters. The molecule has 4 heteroatoms. The Morgan fingerprint density at radius 3 is 2.26 bits per heavy atom. The number of benzene rings is 2. The van der Waals surface area contributed by atoms with E-state index in [9.17, 15) is 9.59 Å². The number of ketones is 1. The molecule has 27 heavy (non-hydrogen) atoms. The molecule has 0 N–H and O–H groups in total. The molecule has 2 aromatic carbocycles. The number of hydrogen-bond donors (Lipinski definition) is 0. The van der Waals surface area contributed by atoms with Crippen molar-refractivity contribution in [2.75, 3.05) is 0 Å². The van der Waals surface area contributed by atoms with Crippen LogP contribution in [0.4, 0.5) is 0 Å². The molecule has 0 unspecified atom stereocenters. The van der Waals surface area contributed by atoms with Crippen molar-refractivity contribution in [3.63, 3.8) is 0 Å². The molecule has 3 aromatic rings. The van der Waals surface area contributed by atoms with E-state index in [1.165, 1.54) is 16.9 Å². The van der Waals surface area contributed by atoms with Crippen LogP contribution in [0.25, 0.3) is 6.08 Å². The van der Waals surface area contributed by atoms with Crippen molar-refractivity contribution in [3.8, 4) is 5.75 Å². The lowest BCUT2D eigenvalue weighted by Crippen LogP contribution is -2.06. The molecule has 3 rings (SSSR count). The van der Waals surface area contributed by atoms with Crippen LogP contribution in [-0.2, 0) is 0 Å². The first-order valence-corrected chi connectivity index (χ1v) is 9.59. The van der Waals surface area contributed by atoms with Gasteiger partial charge >= 0.3 is 5.97 Å². The normalized spacial score (nSPS) is 11.1. The summed E-state index contributed by atoms with van der Waals surface area (Å²) in [5.74, 6) is 0.406. The second kappa shape index (κ2) is 8.60. The predicted octanol–water partition coefficient (Wildman–Crippen LogP) is 5.99. The van der Waals surface area contributed by atoms with Crippen LogP contribution in [0.2, 0.25) is 0 Å². The molecule has 0 saturated heterocycles. The smallest absolute Gasteiger partial charge is 0.353 e. The van der Waals surface area contributed by atoms with Crippen molar-refractivity contribution in [3.05, 3.63) is 93.7 Å². The lowest BCUT2D eigenvalue weighted by molar-refractivity contribution is 0.0740. The fraction of sp³-hybridized carbons (Fsp3) is 0.130. The predicted molar refractivity (Wildman–Crippen MR) is 110 cm³/mol. The quantitative estimate of drug-likeness (QED) is 0.230. The number of esters is 1. The van der Waals surface area contributed by atoms with E-state index < -0.39 is 5.97 Å². The minimum atomic E-state index is -0.395. The number of carbonyl (C=O) groups is 2. The van der Waals surface area contributed by atoms with Gasteiger partial charge in [-0.1, -0.05) is 50.3 Å². The van der Waals surface area contributed by atoms with Crippen molar-refractivity contribution in [2.24, 2.45) is 0 Å². The number of hydrogen-bond acceptors (Lipinski definition) is 4. The summed E-state index contributed by atoms with van der Waals surface area (Å²) in [7, 11) is 0. The van der Waals surface area contributed by atoms with E-state index in [0.717, 1.165) is 5.56 Å². The molecule has 0 aliphatic carbocycles. The van der Waals surface area contributed by atoms with Crippen molar-refractivity contribution >= 4 is 29.2 Å². The number of rotatable bonds is 6. The van der Waals surface area contributed by atoms with Gasteiger partial charge in [0.05, 0.1) is 0 Å². The topological polar surface area (TPSA) is 43.4 Å². The molecule has 0 spiro atoms. The molecule has 3 nitrogen and oxygen atoms in total. The molecule has 0 aliphatic rings. The monoisotopic (exact) mass is 376 g/mol. The summed E-state index contributed by atoms with van der Waals surface area (Å²) >= 11 is 1.33. The van der Waals surface area contributed by atoms with Crippen LogP contribution in [-0.4, -0.2) is 11.8 Å². The van der Waals surface area contributed by atoms with E-state index in [0.29, 0.717) is 22.1 Å². The fourth-order valence-electron chi connectivity index (χ4n) is 2.50. The van der Waals surface area contributed by atoms with Crippen molar-refractivity contribution in [1.29, 1.82) is 0 Å². The van der Waals surface area contributed by atoms with E-state index in [1.54, 1.807) is 48.6 Å². The highest BCUT2D eigenvalue weighted by Crippen LogP contribution is 2.18. The zero-order chi connectivity index (χ0) is 19.2. The Morgan fingerprint density at radius 2 is 1.67 bits per heavy atom. The Labute approximate surface area is 162 Å². The standard InChI is InChI=1S/C23H20O3S/c1-16(2)18-8-5-17(6-9-18)7-14-21(24)19-10-12-20(13-11-19)26-23(25)22-4-3-15-27-22/h3-16H,1-2H3/b14-7+. The lowest BCUT2D eigenvalue weighted by atomic mass is 10.0. The molecule has 1 heterocycles. The van der Waals surface area contributed by atoms with Gasteiger partial charge in [0.15, 0.2) is 5.78 Å². The van der Waals surface area contributed by atoms with Gasteiger partial charge in [0.1, 0.15) is 10.6 Å². The second-order valence-corrected chi connectivity index (χ2v) is 7.36. The highest BCUT2D eigenvalue weighted by atomic mass is 32.1. The van der Waals surface area contributed by atoms with E-state index in [1.807, 2.05) is 17.5 Å². The molecule has 136 valence electrons. The Kier molecular flexibility index (Phi) is 5.99. The van der Waals surface area contributed by atoms with E-state index in [2.05, 4.69) is 26.0 Å².